The van der Waals surface area contributed by atoms with Gasteiger partial charge in [0, 0.05) is 12.3 Å². The van der Waals surface area contributed by atoms with Crippen LogP contribution in [0.15, 0.2) is 5.10 Å². The molecular formula is C6H11N3O3. The molecule has 3 N–H and O–H groups in total. The molecule has 0 saturated heterocycles. The molecule has 0 aromatic rings. The molecule has 1 aliphatic rings. The van der Waals surface area contributed by atoms with Crippen LogP contribution in [0.2, 0.25) is 0 Å². The first-order valence-corrected chi connectivity index (χ1v) is 3.60. The number of hydrazine groups is 1. The maximum atomic E-state index is 11.2. The molecule has 0 aromatic heterocycles. The van der Waals surface area contributed by atoms with E-state index in [0.717, 1.165) is 5.12 Å². The first-order chi connectivity index (χ1) is 5.70. The highest BCUT2D eigenvalue weighted by Crippen LogP contribution is 2.16. The summed E-state index contributed by atoms with van der Waals surface area (Å²) in [4.78, 5) is 11.2. The summed E-state index contributed by atoms with van der Waals surface area (Å²) in [5.41, 5.74) is 2.24. The van der Waals surface area contributed by atoms with Gasteiger partial charge in [-0.2, -0.15) is 5.10 Å². The highest BCUT2D eigenvalue weighted by Gasteiger charge is 2.32. The van der Waals surface area contributed by atoms with Crippen molar-refractivity contribution in [2.24, 2.45) is 11.0 Å². The van der Waals surface area contributed by atoms with Gasteiger partial charge >= 0.3 is 0 Å². The molecule has 0 fully saturated rings. The number of nitrogens with one attached hydrogen (secondary N) is 1. The Labute approximate surface area is 69.4 Å². The number of hydrazone groups is 1. The van der Waals surface area contributed by atoms with E-state index in [1.54, 1.807) is 12.5 Å². The SMILES string of the molecule is CC1=NN(NO)C(=O)C1CCO. The Bertz CT molecular complexity index is 216. The van der Waals surface area contributed by atoms with E-state index in [9.17, 15) is 4.79 Å². The normalized spacial score (nSPS) is 23.2. The standard InChI is InChI=1S/C6H11N3O3/c1-4-5(2-3-10)6(11)9(7-4)8-12/h5,8,10,12H,2-3H2,1H3. The quantitative estimate of drug-likeness (QED) is 0.483. The fraction of sp³-hybridized carbons (Fsp3) is 0.667. The van der Waals surface area contributed by atoms with Crippen molar-refractivity contribution in [2.45, 2.75) is 13.3 Å². The van der Waals surface area contributed by atoms with Crippen LogP contribution in [-0.2, 0) is 4.79 Å². The zero-order valence-electron chi connectivity index (χ0n) is 6.69. The summed E-state index contributed by atoms with van der Waals surface area (Å²) in [6, 6.07) is 0. The third kappa shape index (κ3) is 1.45. The van der Waals surface area contributed by atoms with Gasteiger partial charge in [0.1, 0.15) is 0 Å². The molecule has 12 heavy (non-hydrogen) atoms. The Hall–Kier alpha value is -0.980. The molecule has 1 rings (SSSR count). The van der Waals surface area contributed by atoms with Crippen molar-refractivity contribution in [3.05, 3.63) is 0 Å². The van der Waals surface area contributed by atoms with Crippen LogP contribution in [0, 0.1) is 5.92 Å². The number of rotatable bonds is 3. The lowest BCUT2D eigenvalue weighted by Crippen LogP contribution is -2.36. The first-order valence-electron chi connectivity index (χ1n) is 3.60. The Balaban J connectivity index is 2.67. The van der Waals surface area contributed by atoms with E-state index in [4.69, 9.17) is 10.3 Å². The molecule has 1 unspecified atom stereocenters. The van der Waals surface area contributed by atoms with Crippen LogP contribution in [0.5, 0.6) is 0 Å². The number of aliphatic hydroxyl groups is 1. The second kappa shape index (κ2) is 3.61. The molecule has 0 bridgehead atoms. The average molecular weight is 173 g/mol. The number of hydrogen-bond acceptors (Lipinski definition) is 5. The fourth-order valence-corrected chi connectivity index (χ4v) is 1.14. The van der Waals surface area contributed by atoms with Crippen molar-refractivity contribution in [2.75, 3.05) is 6.61 Å². The van der Waals surface area contributed by atoms with Crippen molar-refractivity contribution in [1.29, 1.82) is 0 Å². The first kappa shape index (κ1) is 9.11. The monoisotopic (exact) mass is 173 g/mol. The molecule has 1 aliphatic heterocycles. The van der Waals surface area contributed by atoms with Gasteiger partial charge in [0.05, 0.1) is 5.92 Å². The highest BCUT2D eigenvalue weighted by molar-refractivity contribution is 6.06. The Morgan fingerprint density at radius 2 is 2.42 bits per heavy atom. The van der Waals surface area contributed by atoms with E-state index < -0.39 is 5.92 Å². The van der Waals surface area contributed by atoms with E-state index in [1.165, 1.54) is 0 Å². The van der Waals surface area contributed by atoms with Crippen LogP contribution in [0.25, 0.3) is 0 Å². The minimum atomic E-state index is -0.408. The molecule has 1 heterocycles. The molecule has 0 saturated carbocycles. The maximum absolute atomic E-state index is 11.2. The highest BCUT2D eigenvalue weighted by atomic mass is 16.5. The Kier molecular flexibility index (Phi) is 2.74. The maximum Gasteiger partial charge on any atom is 0.268 e. The van der Waals surface area contributed by atoms with Crippen molar-refractivity contribution in [3.63, 3.8) is 0 Å². The van der Waals surface area contributed by atoms with Gasteiger partial charge in [0.15, 0.2) is 0 Å². The topological polar surface area (TPSA) is 85.2 Å². The smallest absolute Gasteiger partial charge is 0.268 e. The number of carbonyl (C=O) groups excluding carboxylic acids is 1. The molecule has 0 radical (unpaired) electrons. The minimum Gasteiger partial charge on any atom is -0.396 e. The number of hydrogen-bond donors (Lipinski definition) is 3. The summed E-state index contributed by atoms with van der Waals surface area (Å²) in [6.07, 6.45) is 0.340. The molecule has 68 valence electrons. The second-order valence-electron chi connectivity index (χ2n) is 2.56. The third-order valence-electron chi connectivity index (χ3n) is 1.78. The van der Waals surface area contributed by atoms with Crippen LogP contribution in [0.4, 0.5) is 0 Å². The van der Waals surface area contributed by atoms with Gasteiger partial charge in [-0.1, -0.05) is 5.59 Å². The van der Waals surface area contributed by atoms with E-state index in [-0.39, 0.29) is 12.5 Å². The van der Waals surface area contributed by atoms with Gasteiger partial charge in [0.2, 0.25) is 0 Å². The van der Waals surface area contributed by atoms with Crippen LogP contribution in [0.3, 0.4) is 0 Å². The number of carbonyl (C=O) groups is 1. The predicted octanol–water partition coefficient (Wildman–Crippen LogP) is -0.903. The zero-order chi connectivity index (χ0) is 9.14. The molecule has 6 nitrogen and oxygen atoms in total. The summed E-state index contributed by atoms with van der Waals surface area (Å²) in [5, 5.41) is 21.5. The summed E-state index contributed by atoms with van der Waals surface area (Å²) in [5.74, 6) is -0.751. The lowest BCUT2D eigenvalue weighted by atomic mass is 10.0. The van der Waals surface area contributed by atoms with Gasteiger partial charge in [-0.3, -0.25) is 10.0 Å². The summed E-state index contributed by atoms with van der Waals surface area (Å²) in [6.45, 7) is 1.61. The second-order valence-corrected chi connectivity index (χ2v) is 2.56. The van der Waals surface area contributed by atoms with E-state index in [1.807, 2.05) is 0 Å². The molecule has 1 amide bonds. The Morgan fingerprint density at radius 3 is 2.83 bits per heavy atom. The van der Waals surface area contributed by atoms with Crippen molar-refractivity contribution < 1.29 is 15.1 Å². The van der Waals surface area contributed by atoms with E-state index >= 15 is 0 Å². The molecule has 1 atom stereocenters. The van der Waals surface area contributed by atoms with E-state index in [2.05, 4.69) is 5.10 Å². The predicted molar refractivity (Wildman–Crippen MR) is 40.1 cm³/mol. The summed E-state index contributed by atoms with van der Waals surface area (Å²) in [7, 11) is 0. The van der Waals surface area contributed by atoms with Gasteiger partial charge in [-0.15, -0.1) is 5.12 Å². The molecule has 0 aliphatic carbocycles. The summed E-state index contributed by atoms with van der Waals surface area (Å²) >= 11 is 0. The molecule has 0 aromatic carbocycles. The molecular weight excluding hydrogens is 162 g/mol. The van der Waals surface area contributed by atoms with E-state index in [0.29, 0.717) is 12.1 Å². The number of amides is 1. The van der Waals surface area contributed by atoms with Gasteiger partial charge < -0.3 is 5.11 Å². The van der Waals surface area contributed by atoms with Crippen LogP contribution < -0.4 is 5.59 Å². The largest absolute Gasteiger partial charge is 0.396 e. The molecule has 6 heteroatoms. The van der Waals surface area contributed by atoms with Gasteiger partial charge in [-0.25, -0.2) is 0 Å². The van der Waals surface area contributed by atoms with Crippen molar-refractivity contribution in [1.82, 2.24) is 10.7 Å². The van der Waals surface area contributed by atoms with Crippen LogP contribution in [0.1, 0.15) is 13.3 Å². The van der Waals surface area contributed by atoms with Crippen molar-refractivity contribution >= 4 is 11.6 Å². The average Bonchev–Trinajstić information content (AvgIpc) is 2.32. The molecule has 0 spiro atoms. The zero-order valence-corrected chi connectivity index (χ0v) is 6.69. The van der Waals surface area contributed by atoms with Gasteiger partial charge in [0.25, 0.3) is 5.91 Å². The van der Waals surface area contributed by atoms with Gasteiger partial charge in [-0.05, 0) is 13.3 Å². The minimum absolute atomic E-state index is 0.0669. The van der Waals surface area contributed by atoms with Crippen LogP contribution in [-0.4, -0.2) is 33.7 Å². The fourth-order valence-electron chi connectivity index (χ4n) is 1.14. The lowest BCUT2D eigenvalue weighted by Gasteiger charge is -2.09. The third-order valence-corrected chi connectivity index (χ3v) is 1.78. The number of aliphatic hydroxyl groups excluding tert-OH is 1. The lowest BCUT2D eigenvalue weighted by molar-refractivity contribution is -0.144. The van der Waals surface area contributed by atoms with Crippen LogP contribution >= 0.6 is 0 Å². The van der Waals surface area contributed by atoms with Crippen molar-refractivity contribution in [3.8, 4) is 0 Å². The number of nitrogens with zero attached hydrogens (tertiary/aromatic N) is 2. The summed E-state index contributed by atoms with van der Waals surface area (Å²) < 4.78 is 0. The Morgan fingerprint density at radius 1 is 1.75 bits per heavy atom.